The maximum absolute atomic E-state index is 13.6. The average molecular weight is 520 g/mol. The van der Waals surface area contributed by atoms with Gasteiger partial charge < -0.3 is 19.4 Å². The van der Waals surface area contributed by atoms with Gasteiger partial charge in [0.25, 0.3) is 11.8 Å². The SMILES string of the molecule is CC(C)(C)OC(=O)N1CCN(C(=O)C(/C=C2\C(=O)ONN2c2ccccc2)=NC(=O)c2ccccc2)CC1. The van der Waals surface area contributed by atoms with Gasteiger partial charge in [-0.15, -0.1) is 0 Å². The molecular formula is C27H29N5O6. The van der Waals surface area contributed by atoms with E-state index in [2.05, 4.69) is 10.6 Å². The Hall–Kier alpha value is -4.51. The number of nitrogens with zero attached hydrogens (tertiary/aromatic N) is 4. The van der Waals surface area contributed by atoms with Crippen molar-refractivity contribution in [1.82, 2.24) is 15.4 Å². The van der Waals surface area contributed by atoms with E-state index >= 15 is 0 Å². The first-order valence-electron chi connectivity index (χ1n) is 12.1. The molecule has 2 aliphatic heterocycles. The molecule has 2 aliphatic rings. The smallest absolute Gasteiger partial charge is 0.410 e. The Bertz CT molecular complexity index is 1260. The van der Waals surface area contributed by atoms with Gasteiger partial charge in [-0.1, -0.05) is 42.0 Å². The van der Waals surface area contributed by atoms with Crippen LogP contribution in [0.1, 0.15) is 31.1 Å². The topological polar surface area (TPSA) is 121 Å². The lowest BCUT2D eigenvalue weighted by atomic mass is 10.2. The van der Waals surface area contributed by atoms with E-state index in [1.807, 2.05) is 6.07 Å². The first kappa shape index (κ1) is 26.6. The molecule has 0 aromatic heterocycles. The number of carbonyl (C=O) groups is 4. The minimum absolute atomic E-state index is 0.0171. The lowest BCUT2D eigenvalue weighted by Crippen LogP contribution is -2.53. The molecule has 0 atom stereocenters. The predicted octanol–water partition coefficient (Wildman–Crippen LogP) is 2.71. The minimum Gasteiger partial charge on any atom is -0.444 e. The Kier molecular flexibility index (Phi) is 7.87. The number of hydrogen-bond donors (Lipinski definition) is 1. The molecule has 3 amide bonds. The van der Waals surface area contributed by atoms with Crippen LogP contribution in [0.2, 0.25) is 0 Å². The maximum atomic E-state index is 13.6. The number of hydrazine groups is 1. The number of para-hydroxylation sites is 1. The first-order valence-corrected chi connectivity index (χ1v) is 12.1. The van der Waals surface area contributed by atoms with Crippen LogP contribution in [-0.4, -0.2) is 71.2 Å². The van der Waals surface area contributed by atoms with E-state index in [0.29, 0.717) is 5.69 Å². The zero-order chi connectivity index (χ0) is 27.3. The minimum atomic E-state index is -0.740. The number of amides is 3. The Balaban J connectivity index is 1.61. The van der Waals surface area contributed by atoms with Crippen molar-refractivity contribution in [1.29, 1.82) is 0 Å². The second kappa shape index (κ2) is 11.3. The number of nitrogens with one attached hydrogen (secondary N) is 1. The van der Waals surface area contributed by atoms with Crippen LogP contribution < -0.4 is 10.6 Å². The third kappa shape index (κ3) is 6.43. The van der Waals surface area contributed by atoms with Crippen molar-refractivity contribution in [3.8, 4) is 0 Å². The number of piperazine rings is 1. The molecular weight excluding hydrogens is 490 g/mol. The Morgan fingerprint density at radius 1 is 0.921 bits per heavy atom. The third-order valence-electron chi connectivity index (χ3n) is 5.65. The van der Waals surface area contributed by atoms with Crippen molar-refractivity contribution in [3.05, 3.63) is 78.0 Å². The third-order valence-corrected chi connectivity index (χ3v) is 5.65. The summed E-state index contributed by atoms with van der Waals surface area (Å²) in [5, 5.41) is 1.36. The van der Waals surface area contributed by atoms with Crippen LogP contribution in [0, 0.1) is 0 Å². The fourth-order valence-corrected chi connectivity index (χ4v) is 3.78. The zero-order valence-electron chi connectivity index (χ0n) is 21.4. The van der Waals surface area contributed by atoms with E-state index in [1.54, 1.807) is 75.4 Å². The van der Waals surface area contributed by atoms with Crippen molar-refractivity contribution < 1.29 is 28.8 Å². The monoisotopic (exact) mass is 519 g/mol. The summed E-state index contributed by atoms with van der Waals surface area (Å²) in [6, 6.07) is 17.2. The van der Waals surface area contributed by atoms with Gasteiger partial charge in [0.2, 0.25) is 0 Å². The molecule has 0 bridgehead atoms. The van der Waals surface area contributed by atoms with Crippen LogP contribution >= 0.6 is 0 Å². The van der Waals surface area contributed by atoms with Crippen molar-refractivity contribution >= 4 is 35.3 Å². The van der Waals surface area contributed by atoms with Gasteiger partial charge in [-0.2, -0.15) is 0 Å². The molecule has 11 heteroatoms. The van der Waals surface area contributed by atoms with E-state index in [4.69, 9.17) is 9.57 Å². The first-order chi connectivity index (χ1) is 18.1. The molecule has 0 radical (unpaired) electrons. The highest BCUT2D eigenvalue weighted by atomic mass is 16.7. The number of rotatable bonds is 4. The normalized spacial score (nSPS) is 17.4. The molecule has 0 spiro atoms. The number of carbonyl (C=O) groups excluding carboxylic acids is 4. The molecule has 0 aliphatic carbocycles. The van der Waals surface area contributed by atoms with Crippen molar-refractivity contribution in [2.45, 2.75) is 26.4 Å². The summed E-state index contributed by atoms with van der Waals surface area (Å²) in [5.74, 6) is -1.93. The van der Waals surface area contributed by atoms with Gasteiger partial charge >= 0.3 is 12.1 Å². The highest BCUT2D eigenvalue weighted by Gasteiger charge is 2.33. The van der Waals surface area contributed by atoms with Crippen molar-refractivity contribution in [2.75, 3.05) is 31.2 Å². The van der Waals surface area contributed by atoms with E-state index in [0.717, 1.165) is 0 Å². The van der Waals surface area contributed by atoms with Crippen LogP contribution in [0.3, 0.4) is 0 Å². The van der Waals surface area contributed by atoms with Crippen molar-refractivity contribution in [3.63, 3.8) is 0 Å². The average Bonchev–Trinajstić information content (AvgIpc) is 3.27. The van der Waals surface area contributed by atoms with Crippen LogP contribution in [0.15, 0.2) is 77.4 Å². The van der Waals surface area contributed by atoms with E-state index in [-0.39, 0.29) is 43.2 Å². The van der Waals surface area contributed by atoms with Crippen LogP contribution in [0.4, 0.5) is 10.5 Å². The molecule has 2 heterocycles. The fraction of sp³-hybridized carbons (Fsp3) is 0.296. The molecule has 38 heavy (non-hydrogen) atoms. The highest BCUT2D eigenvalue weighted by molar-refractivity contribution is 6.45. The summed E-state index contributed by atoms with van der Waals surface area (Å²) in [6.45, 7) is 6.24. The van der Waals surface area contributed by atoms with E-state index in [9.17, 15) is 19.2 Å². The summed E-state index contributed by atoms with van der Waals surface area (Å²) >= 11 is 0. The second-order valence-electron chi connectivity index (χ2n) is 9.61. The fourth-order valence-electron chi connectivity index (χ4n) is 3.78. The molecule has 2 fully saturated rings. The van der Waals surface area contributed by atoms with E-state index < -0.39 is 29.5 Å². The number of benzene rings is 2. The molecule has 1 N–H and O–H groups in total. The molecule has 0 saturated carbocycles. The Labute approximate surface area is 220 Å². The van der Waals surface area contributed by atoms with Crippen LogP contribution in [-0.2, 0) is 19.2 Å². The number of hydrogen-bond acceptors (Lipinski definition) is 8. The summed E-state index contributed by atoms with van der Waals surface area (Å²) in [4.78, 5) is 63.6. The number of ether oxygens (including phenoxy) is 1. The van der Waals surface area contributed by atoms with Gasteiger partial charge in [-0.25, -0.2) is 19.6 Å². The number of aliphatic imine (C=N–C) groups is 1. The summed E-state index contributed by atoms with van der Waals surface area (Å²) < 4.78 is 5.42. The van der Waals surface area contributed by atoms with Crippen LogP contribution in [0.25, 0.3) is 0 Å². The lowest BCUT2D eigenvalue weighted by molar-refractivity contribution is -0.140. The molecule has 4 rings (SSSR count). The van der Waals surface area contributed by atoms with Gasteiger partial charge in [-0.3, -0.25) is 9.59 Å². The van der Waals surface area contributed by atoms with Gasteiger partial charge in [0.05, 0.1) is 5.69 Å². The summed E-state index contributed by atoms with van der Waals surface area (Å²) in [6.07, 6.45) is 0.775. The predicted molar refractivity (Wildman–Crippen MR) is 139 cm³/mol. The molecule has 0 unspecified atom stereocenters. The number of anilines is 1. The quantitative estimate of drug-likeness (QED) is 0.484. The molecule has 198 valence electrons. The maximum Gasteiger partial charge on any atom is 0.410 e. The molecule has 11 nitrogen and oxygen atoms in total. The van der Waals surface area contributed by atoms with Gasteiger partial charge in [0.15, 0.2) is 5.70 Å². The highest BCUT2D eigenvalue weighted by Crippen LogP contribution is 2.22. The lowest BCUT2D eigenvalue weighted by Gasteiger charge is -2.35. The molecule has 2 saturated heterocycles. The Morgan fingerprint density at radius 3 is 2.11 bits per heavy atom. The van der Waals surface area contributed by atoms with Gasteiger partial charge in [0, 0.05) is 37.8 Å². The van der Waals surface area contributed by atoms with Gasteiger partial charge in [0.1, 0.15) is 11.3 Å². The van der Waals surface area contributed by atoms with E-state index in [1.165, 1.54) is 20.9 Å². The van der Waals surface area contributed by atoms with Gasteiger partial charge in [-0.05, 0) is 45.0 Å². The van der Waals surface area contributed by atoms with Crippen molar-refractivity contribution in [2.24, 2.45) is 4.99 Å². The molecule has 2 aromatic rings. The largest absolute Gasteiger partial charge is 0.444 e. The standard InChI is InChI=1S/C27H29N5O6/c1-27(2,3)37-26(36)31-16-14-30(15-17-31)24(34)21(28-23(33)19-10-6-4-7-11-19)18-22-25(35)38-29-32(22)20-12-8-5-9-13-20/h4-13,18,29H,14-17H2,1-3H3/b22-18+,28-21?. The second-order valence-corrected chi connectivity index (χ2v) is 9.61. The summed E-state index contributed by atoms with van der Waals surface area (Å²) in [5.41, 5.74) is 2.49. The summed E-state index contributed by atoms with van der Waals surface area (Å²) in [7, 11) is 0. The molecule has 2 aromatic carbocycles. The Morgan fingerprint density at radius 2 is 1.50 bits per heavy atom. The van der Waals surface area contributed by atoms with Crippen LogP contribution in [0.5, 0.6) is 0 Å². The zero-order valence-corrected chi connectivity index (χ0v) is 21.4.